The number of para-hydroxylation sites is 1. The average Bonchev–Trinajstić information content (AvgIpc) is 3.37. The lowest BCUT2D eigenvalue weighted by atomic mass is 9.82. The maximum Gasteiger partial charge on any atom is 0.0417 e. The largest absolute Gasteiger partial charge is 0.359 e. The van der Waals surface area contributed by atoms with Crippen molar-refractivity contribution < 1.29 is 0 Å². The van der Waals surface area contributed by atoms with Gasteiger partial charge in [0.05, 0.1) is 0 Å². The minimum atomic E-state index is -0.112. The zero-order chi connectivity index (χ0) is 50.3. The highest BCUT2D eigenvalue weighted by atomic mass is 15.1. The van der Waals surface area contributed by atoms with Gasteiger partial charge in [-0.3, -0.25) is 0 Å². The highest BCUT2D eigenvalue weighted by Crippen LogP contribution is 2.37. The first kappa shape index (κ1) is 53.3. The smallest absolute Gasteiger partial charge is 0.0417 e. The number of hydrogen-bond donors (Lipinski definition) is 1. The Morgan fingerprint density at radius 1 is 0.786 bits per heavy atom. The lowest BCUT2D eigenvalue weighted by molar-refractivity contribution is 0.518. The zero-order valence-corrected chi connectivity index (χ0v) is 41.9. The van der Waals surface area contributed by atoms with Crippen LogP contribution in [-0.4, -0.2) is 11.4 Å². The summed E-state index contributed by atoms with van der Waals surface area (Å²) in [6.07, 6.45) is 50.5. The van der Waals surface area contributed by atoms with Crippen molar-refractivity contribution in [1.29, 1.82) is 0 Å². The van der Waals surface area contributed by atoms with E-state index in [0.717, 1.165) is 114 Å². The van der Waals surface area contributed by atoms with Crippen molar-refractivity contribution in [2.45, 2.75) is 70.6 Å². The molecule has 0 fully saturated rings. The van der Waals surface area contributed by atoms with Crippen LogP contribution < -0.4 is 10.2 Å². The standard InChI is InChI=1S/C67H75N3/c1-12-17-29-57(25-13-2)47-48-69(65-43-39-60(40-44-65)67(58(16-5)26-14-3)54(9)49-61-31-22-21-28-53(61)8)55(10)37-35-51(6)52(7)36-38-56(11)70(50-62-32-24-23-30-59(62)27-15-4)66-45-41-64(42-46-66)68-63-33-19-18-20-34-63/h12-16,18-21,24-26,28,32-41,43-45,47,49-50,59,67-68H,1,3-11,17,22-23,27,29-31,42,46,48H2,2H3. The lowest BCUT2D eigenvalue weighted by Crippen LogP contribution is -2.21. The second-order valence-corrected chi connectivity index (χ2v) is 17.8. The predicted molar refractivity (Wildman–Crippen MR) is 309 cm³/mol. The highest BCUT2D eigenvalue weighted by molar-refractivity contribution is 5.60. The molecular formula is C67H75N3. The van der Waals surface area contributed by atoms with E-state index >= 15 is 0 Å². The van der Waals surface area contributed by atoms with Crippen LogP contribution in [0, 0.1) is 5.92 Å². The molecule has 0 saturated heterocycles. The Labute approximate surface area is 422 Å². The quantitative estimate of drug-likeness (QED) is 0.0749. The van der Waals surface area contributed by atoms with E-state index in [9.17, 15) is 0 Å². The molecule has 0 saturated carbocycles. The summed E-state index contributed by atoms with van der Waals surface area (Å²) in [5, 5.41) is 3.58. The van der Waals surface area contributed by atoms with E-state index < -0.39 is 0 Å². The van der Waals surface area contributed by atoms with Gasteiger partial charge >= 0.3 is 0 Å². The van der Waals surface area contributed by atoms with Gasteiger partial charge in [-0.25, -0.2) is 0 Å². The molecule has 3 aliphatic rings. The minimum absolute atomic E-state index is 0.112. The van der Waals surface area contributed by atoms with Crippen molar-refractivity contribution in [1.82, 2.24) is 4.90 Å². The average molecular weight is 922 g/mol. The lowest BCUT2D eigenvalue weighted by Gasteiger charge is -2.30. The molecule has 0 heterocycles. The van der Waals surface area contributed by atoms with Crippen LogP contribution in [0.5, 0.6) is 0 Å². The molecule has 0 aromatic heterocycles. The molecule has 70 heavy (non-hydrogen) atoms. The summed E-state index contributed by atoms with van der Waals surface area (Å²) in [5.41, 5.74) is 15.5. The Balaban J connectivity index is 1.40. The first-order chi connectivity index (χ1) is 34.0. The maximum atomic E-state index is 4.59. The van der Waals surface area contributed by atoms with Gasteiger partial charge in [0.25, 0.3) is 0 Å². The van der Waals surface area contributed by atoms with Crippen molar-refractivity contribution in [3.05, 3.63) is 315 Å². The van der Waals surface area contributed by atoms with E-state index in [0.29, 0.717) is 12.5 Å². The van der Waals surface area contributed by atoms with Gasteiger partial charge < -0.3 is 15.1 Å². The van der Waals surface area contributed by atoms with E-state index in [1.165, 1.54) is 28.1 Å². The van der Waals surface area contributed by atoms with Crippen molar-refractivity contribution in [2.75, 3.05) is 16.8 Å². The molecule has 2 atom stereocenters. The van der Waals surface area contributed by atoms with Crippen LogP contribution in [0.4, 0.5) is 11.4 Å². The van der Waals surface area contributed by atoms with Crippen LogP contribution in [0.25, 0.3) is 0 Å². The maximum absolute atomic E-state index is 4.59. The normalized spacial score (nSPS) is 17.8. The summed E-state index contributed by atoms with van der Waals surface area (Å²) >= 11 is 0. The summed E-state index contributed by atoms with van der Waals surface area (Å²) < 4.78 is 0. The van der Waals surface area contributed by atoms with Gasteiger partial charge in [0.1, 0.15) is 0 Å². The third kappa shape index (κ3) is 15.7. The first-order valence-electron chi connectivity index (χ1n) is 24.6. The molecule has 3 nitrogen and oxygen atoms in total. The van der Waals surface area contributed by atoms with Gasteiger partial charge in [-0.2, -0.15) is 0 Å². The molecule has 1 N–H and O–H groups in total. The van der Waals surface area contributed by atoms with Gasteiger partial charge in [-0.1, -0.05) is 180 Å². The van der Waals surface area contributed by atoms with Crippen molar-refractivity contribution in [2.24, 2.45) is 5.92 Å². The molecule has 2 aromatic carbocycles. The monoisotopic (exact) mass is 922 g/mol. The molecule has 0 amide bonds. The molecular weight excluding hydrogens is 847 g/mol. The fraction of sp³-hybridized carbons (Fsp3) is 0.194. The third-order valence-corrected chi connectivity index (χ3v) is 12.7. The summed E-state index contributed by atoms with van der Waals surface area (Å²) in [7, 11) is 0. The number of nitrogens with zero attached hydrogens (tertiary/aromatic N) is 2. The van der Waals surface area contributed by atoms with Crippen molar-refractivity contribution in [3.63, 3.8) is 0 Å². The summed E-state index contributed by atoms with van der Waals surface area (Å²) in [4.78, 5) is 4.46. The topological polar surface area (TPSA) is 18.5 Å². The van der Waals surface area contributed by atoms with E-state index in [1.54, 1.807) is 0 Å². The van der Waals surface area contributed by atoms with Gasteiger partial charge in [-0.15, -0.1) is 13.2 Å². The molecule has 0 radical (unpaired) electrons. The predicted octanol–water partition coefficient (Wildman–Crippen LogP) is 18.4. The molecule has 358 valence electrons. The van der Waals surface area contributed by atoms with Crippen molar-refractivity contribution >= 4 is 11.4 Å². The summed E-state index contributed by atoms with van der Waals surface area (Å²) in [5.74, 6) is 0.299. The van der Waals surface area contributed by atoms with Crippen LogP contribution >= 0.6 is 0 Å². The number of benzene rings is 2. The molecule has 3 heteroatoms. The molecule has 5 rings (SSSR count). The Morgan fingerprint density at radius 3 is 2.16 bits per heavy atom. The van der Waals surface area contributed by atoms with Crippen LogP contribution in [0.3, 0.4) is 0 Å². The van der Waals surface area contributed by atoms with Crippen LogP contribution in [0.15, 0.2) is 309 Å². The van der Waals surface area contributed by atoms with E-state index in [-0.39, 0.29) is 5.92 Å². The summed E-state index contributed by atoms with van der Waals surface area (Å²) in [6.45, 7) is 45.7. The molecule has 0 spiro atoms. The second-order valence-electron chi connectivity index (χ2n) is 17.8. The van der Waals surface area contributed by atoms with Gasteiger partial charge in [0, 0.05) is 52.8 Å². The number of nitrogens with one attached hydrogen (secondary N) is 1. The Bertz CT molecular complexity index is 2650. The number of anilines is 2. The Hall–Kier alpha value is -7.62. The van der Waals surface area contributed by atoms with E-state index in [2.05, 4.69) is 203 Å². The number of allylic oxidation sites excluding steroid dienone is 28. The fourth-order valence-electron chi connectivity index (χ4n) is 8.76. The highest BCUT2D eigenvalue weighted by Gasteiger charge is 2.21. The van der Waals surface area contributed by atoms with Crippen LogP contribution in [0.2, 0.25) is 0 Å². The van der Waals surface area contributed by atoms with Crippen LogP contribution in [-0.2, 0) is 0 Å². The van der Waals surface area contributed by atoms with Gasteiger partial charge in [0.2, 0.25) is 0 Å². The SMILES string of the molecule is C=CC=C(C=C)C(C(=C)C=C1CCC=CC1=C)c1ccc(N(CC=C(C=CC)CCC=C)C(=C)C=CC(=C)C(=C)C=CC(=C)N(C=C2C=CCCC2CC=C)C2=CC=C(Nc3ccccc3)CC2)cc1. The number of rotatable bonds is 26. The molecule has 0 bridgehead atoms. The van der Waals surface area contributed by atoms with Crippen molar-refractivity contribution in [3.8, 4) is 0 Å². The third-order valence-electron chi connectivity index (χ3n) is 12.7. The van der Waals surface area contributed by atoms with E-state index in [4.69, 9.17) is 0 Å². The Morgan fingerprint density at radius 2 is 1.51 bits per heavy atom. The molecule has 2 unspecified atom stereocenters. The second kappa shape index (κ2) is 28.0. The van der Waals surface area contributed by atoms with Crippen LogP contribution in [0.1, 0.15) is 76.2 Å². The summed E-state index contributed by atoms with van der Waals surface area (Å²) in [6, 6.07) is 19.0. The molecule has 3 aliphatic carbocycles. The fourth-order valence-corrected chi connectivity index (χ4v) is 8.76. The Kier molecular flexibility index (Phi) is 21.3. The first-order valence-corrected chi connectivity index (χ1v) is 24.6. The molecule has 0 aliphatic heterocycles. The zero-order valence-electron chi connectivity index (χ0n) is 41.9. The van der Waals surface area contributed by atoms with E-state index in [1.807, 2.05) is 60.8 Å². The molecule has 2 aromatic rings. The minimum Gasteiger partial charge on any atom is -0.359 e. The number of hydrogen-bond acceptors (Lipinski definition) is 3. The van der Waals surface area contributed by atoms with Gasteiger partial charge in [0.15, 0.2) is 0 Å². The van der Waals surface area contributed by atoms with Gasteiger partial charge in [-0.05, 0) is 164 Å².